The van der Waals surface area contributed by atoms with Crippen LogP contribution in [0, 0.1) is 0 Å². The van der Waals surface area contributed by atoms with Crippen LogP contribution in [0.15, 0.2) is 47.4 Å². The molecule has 2 aromatic rings. The molecular formula is C22H26N2O6S. The third-order valence-electron chi connectivity index (χ3n) is 5.23. The zero-order valence-corrected chi connectivity index (χ0v) is 18.8. The molecule has 1 amide bonds. The monoisotopic (exact) mass is 446 g/mol. The van der Waals surface area contributed by atoms with Crippen LogP contribution in [0.3, 0.4) is 0 Å². The van der Waals surface area contributed by atoms with Crippen molar-refractivity contribution in [2.45, 2.75) is 30.9 Å². The minimum atomic E-state index is -3.84. The molecule has 0 radical (unpaired) electrons. The molecule has 1 aliphatic rings. The fourth-order valence-corrected chi connectivity index (χ4v) is 4.50. The van der Waals surface area contributed by atoms with Crippen LogP contribution in [0.25, 0.3) is 0 Å². The van der Waals surface area contributed by atoms with Crippen molar-refractivity contribution >= 4 is 21.9 Å². The van der Waals surface area contributed by atoms with E-state index in [-0.39, 0.29) is 22.1 Å². The molecule has 0 saturated heterocycles. The number of carbonyl (C=O) groups is 2. The molecule has 3 rings (SSSR count). The molecule has 0 aliphatic carbocycles. The largest absolute Gasteiger partial charge is 0.495 e. The minimum absolute atomic E-state index is 0.0184. The van der Waals surface area contributed by atoms with Gasteiger partial charge in [0.2, 0.25) is 10.0 Å². The molecule has 1 aliphatic heterocycles. The van der Waals surface area contributed by atoms with Gasteiger partial charge in [0.1, 0.15) is 10.6 Å². The topological polar surface area (TPSA) is 93.2 Å². The van der Waals surface area contributed by atoms with Gasteiger partial charge in [0.05, 0.1) is 12.7 Å². The summed E-state index contributed by atoms with van der Waals surface area (Å²) in [6, 6.07) is 11.9. The first-order valence-corrected chi connectivity index (χ1v) is 11.3. The Morgan fingerprint density at radius 1 is 1.10 bits per heavy atom. The molecule has 9 heteroatoms. The third-order valence-corrected chi connectivity index (χ3v) is 7.07. The molecule has 0 aromatic heterocycles. The fraction of sp³-hybridized carbons (Fsp3) is 0.364. The predicted molar refractivity (Wildman–Crippen MR) is 114 cm³/mol. The quantitative estimate of drug-likeness (QED) is 0.631. The maximum absolute atomic E-state index is 12.8. The van der Waals surface area contributed by atoms with Crippen LogP contribution < -0.4 is 4.74 Å². The number of carbonyl (C=O) groups excluding carboxylic acids is 2. The molecule has 0 N–H and O–H groups in total. The Morgan fingerprint density at radius 2 is 1.77 bits per heavy atom. The number of methoxy groups -OCH3 is 1. The molecular weight excluding hydrogens is 420 g/mol. The maximum Gasteiger partial charge on any atom is 0.338 e. The van der Waals surface area contributed by atoms with E-state index in [0.717, 1.165) is 16.3 Å². The number of amides is 1. The van der Waals surface area contributed by atoms with E-state index in [2.05, 4.69) is 0 Å². The summed E-state index contributed by atoms with van der Waals surface area (Å²) in [4.78, 5) is 27.0. The van der Waals surface area contributed by atoms with E-state index in [1.54, 1.807) is 4.90 Å². The van der Waals surface area contributed by atoms with Crippen molar-refractivity contribution in [3.8, 4) is 5.75 Å². The van der Waals surface area contributed by atoms with Gasteiger partial charge < -0.3 is 14.4 Å². The number of benzene rings is 2. The zero-order valence-electron chi connectivity index (χ0n) is 18.0. The molecule has 1 atom stereocenters. The molecule has 0 bridgehead atoms. The van der Waals surface area contributed by atoms with Crippen LogP contribution in [0.1, 0.15) is 28.4 Å². The normalized spacial score (nSPS) is 14.7. The highest BCUT2D eigenvalue weighted by molar-refractivity contribution is 7.89. The molecule has 0 spiro atoms. The fourth-order valence-electron chi connectivity index (χ4n) is 3.42. The maximum atomic E-state index is 12.8. The number of hydrogen-bond acceptors (Lipinski definition) is 6. The van der Waals surface area contributed by atoms with Crippen molar-refractivity contribution in [1.82, 2.24) is 9.21 Å². The number of sulfonamides is 1. The van der Waals surface area contributed by atoms with E-state index in [9.17, 15) is 18.0 Å². The lowest BCUT2D eigenvalue weighted by molar-refractivity contribution is -0.140. The Hall–Kier alpha value is -2.91. The van der Waals surface area contributed by atoms with Crippen molar-refractivity contribution in [2.75, 3.05) is 27.7 Å². The summed E-state index contributed by atoms with van der Waals surface area (Å²) >= 11 is 0. The first-order valence-electron chi connectivity index (χ1n) is 9.82. The van der Waals surface area contributed by atoms with Gasteiger partial charge in [-0.05, 0) is 42.7 Å². The highest BCUT2D eigenvalue weighted by Crippen LogP contribution is 2.27. The third kappa shape index (κ3) is 4.72. The van der Waals surface area contributed by atoms with E-state index in [0.29, 0.717) is 13.1 Å². The van der Waals surface area contributed by atoms with Gasteiger partial charge in [0, 0.05) is 27.2 Å². The molecule has 8 nitrogen and oxygen atoms in total. The highest BCUT2D eigenvalue weighted by atomic mass is 32.2. The van der Waals surface area contributed by atoms with Crippen molar-refractivity contribution in [3.63, 3.8) is 0 Å². The van der Waals surface area contributed by atoms with Crippen molar-refractivity contribution in [1.29, 1.82) is 0 Å². The first-order chi connectivity index (χ1) is 14.6. The second-order valence-corrected chi connectivity index (χ2v) is 9.60. The van der Waals surface area contributed by atoms with E-state index in [1.807, 2.05) is 24.3 Å². The lowest BCUT2D eigenvalue weighted by Gasteiger charge is -2.30. The molecule has 2 aromatic carbocycles. The van der Waals surface area contributed by atoms with E-state index >= 15 is 0 Å². The van der Waals surface area contributed by atoms with Gasteiger partial charge in [-0.15, -0.1) is 0 Å². The molecule has 31 heavy (non-hydrogen) atoms. The van der Waals surface area contributed by atoms with Gasteiger partial charge in [0.15, 0.2) is 6.10 Å². The Bertz CT molecular complexity index is 1100. The number of nitrogens with zero attached hydrogens (tertiary/aromatic N) is 2. The van der Waals surface area contributed by atoms with Gasteiger partial charge in [0.25, 0.3) is 5.91 Å². The second kappa shape index (κ2) is 9.07. The number of hydrogen-bond donors (Lipinski definition) is 0. The van der Waals surface area contributed by atoms with Crippen LogP contribution in [-0.4, -0.2) is 63.4 Å². The van der Waals surface area contributed by atoms with Gasteiger partial charge in [-0.3, -0.25) is 4.79 Å². The zero-order chi connectivity index (χ0) is 22.8. The van der Waals surface area contributed by atoms with Gasteiger partial charge in [-0.2, -0.15) is 0 Å². The SMILES string of the molecule is COc1ccc(C(=O)O[C@@H](C)C(=O)N2CCc3ccccc3C2)cc1S(=O)(=O)N(C)C. The molecule has 1 heterocycles. The second-order valence-electron chi connectivity index (χ2n) is 7.48. The lowest BCUT2D eigenvalue weighted by Crippen LogP contribution is -2.42. The molecule has 0 saturated carbocycles. The summed E-state index contributed by atoms with van der Waals surface area (Å²) in [5.74, 6) is -0.963. The van der Waals surface area contributed by atoms with E-state index < -0.39 is 22.1 Å². The predicted octanol–water partition coefficient (Wildman–Crippen LogP) is 2.08. The number of esters is 1. The Labute approximate surface area is 182 Å². The number of rotatable bonds is 6. The summed E-state index contributed by atoms with van der Waals surface area (Å²) < 4.78 is 36.6. The van der Waals surface area contributed by atoms with Crippen molar-refractivity contribution in [2.24, 2.45) is 0 Å². The van der Waals surface area contributed by atoms with E-state index in [4.69, 9.17) is 9.47 Å². The average Bonchev–Trinajstić information content (AvgIpc) is 2.77. The van der Waals surface area contributed by atoms with Crippen LogP contribution in [0.5, 0.6) is 5.75 Å². The minimum Gasteiger partial charge on any atom is -0.495 e. The molecule has 166 valence electrons. The van der Waals surface area contributed by atoms with Crippen molar-refractivity contribution in [3.05, 3.63) is 59.2 Å². The van der Waals surface area contributed by atoms with Gasteiger partial charge >= 0.3 is 5.97 Å². The van der Waals surface area contributed by atoms with Crippen LogP contribution in [-0.2, 0) is 32.5 Å². The Morgan fingerprint density at radius 3 is 2.42 bits per heavy atom. The van der Waals surface area contributed by atoms with E-state index in [1.165, 1.54) is 51.9 Å². The summed E-state index contributed by atoms with van der Waals surface area (Å²) in [5.41, 5.74) is 2.31. The summed E-state index contributed by atoms with van der Waals surface area (Å²) in [7, 11) is 0.278. The van der Waals surface area contributed by atoms with Crippen molar-refractivity contribution < 1.29 is 27.5 Å². The summed E-state index contributed by atoms with van der Waals surface area (Å²) in [6.45, 7) is 2.53. The molecule has 0 fully saturated rings. The Balaban J connectivity index is 1.75. The number of ether oxygens (including phenoxy) is 2. The summed E-state index contributed by atoms with van der Waals surface area (Å²) in [6.07, 6.45) is -0.263. The number of fused-ring (bicyclic) bond motifs is 1. The smallest absolute Gasteiger partial charge is 0.338 e. The summed E-state index contributed by atoms with van der Waals surface area (Å²) in [5, 5.41) is 0. The molecule has 0 unspecified atom stereocenters. The van der Waals surface area contributed by atoms with Crippen LogP contribution in [0.4, 0.5) is 0 Å². The van der Waals surface area contributed by atoms with Crippen LogP contribution >= 0.6 is 0 Å². The van der Waals surface area contributed by atoms with Crippen LogP contribution in [0.2, 0.25) is 0 Å². The average molecular weight is 447 g/mol. The van der Waals surface area contributed by atoms with Gasteiger partial charge in [-0.1, -0.05) is 24.3 Å². The Kier molecular flexibility index (Phi) is 6.66. The standard InChI is InChI=1S/C22H26N2O6S/c1-15(21(25)24-12-11-16-7-5-6-8-18(16)14-24)30-22(26)17-9-10-19(29-4)20(13-17)31(27,28)23(2)3/h5-10,13,15H,11-12,14H2,1-4H3/t15-/m0/s1. The van der Waals surface area contributed by atoms with Gasteiger partial charge in [-0.25, -0.2) is 17.5 Å². The first kappa shape index (κ1) is 22.8. The highest BCUT2D eigenvalue weighted by Gasteiger charge is 2.29. The lowest BCUT2D eigenvalue weighted by atomic mass is 9.99.